The first-order chi connectivity index (χ1) is 12.2. The maximum atomic E-state index is 12.5. The molecule has 2 heterocycles. The van der Waals surface area contributed by atoms with Crippen LogP contribution in [0.15, 0.2) is 24.3 Å². The molecule has 0 saturated carbocycles. The Balaban J connectivity index is 1.48. The number of hydrogen-bond acceptors (Lipinski definition) is 5. The predicted octanol–water partition coefficient (Wildman–Crippen LogP) is 1.01. The molecule has 1 aromatic rings. The van der Waals surface area contributed by atoms with Gasteiger partial charge in [-0.15, -0.1) is 0 Å². The highest BCUT2D eigenvalue weighted by atomic mass is 32.2. The lowest BCUT2D eigenvalue weighted by Crippen LogP contribution is -2.45. The van der Waals surface area contributed by atoms with E-state index in [1.54, 1.807) is 7.11 Å². The number of benzene rings is 1. The Morgan fingerprint density at radius 1 is 1.40 bits per heavy atom. The molecule has 0 radical (unpaired) electrons. The summed E-state index contributed by atoms with van der Waals surface area (Å²) in [5.74, 6) is 2.82. The smallest absolute Gasteiger partial charge is 0.245 e. The van der Waals surface area contributed by atoms with Crippen LogP contribution >= 0.6 is 11.8 Å². The van der Waals surface area contributed by atoms with Gasteiger partial charge in [0.15, 0.2) is 0 Å². The molecule has 1 aromatic carbocycles. The molecule has 0 spiro atoms. The van der Waals surface area contributed by atoms with Gasteiger partial charge in [0.2, 0.25) is 11.8 Å². The molecule has 2 fully saturated rings. The van der Waals surface area contributed by atoms with Crippen molar-refractivity contribution in [3.05, 3.63) is 29.8 Å². The number of nitrogens with zero attached hydrogens (tertiary/aromatic N) is 1. The molecular weight excluding hydrogens is 338 g/mol. The first kappa shape index (κ1) is 18.1. The van der Waals surface area contributed by atoms with Crippen molar-refractivity contribution in [2.45, 2.75) is 31.5 Å². The largest absolute Gasteiger partial charge is 0.497 e. The minimum Gasteiger partial charge on any atom is -0.497 e. The predicted molar refractivity (Wildman–Crippen MR) is 98.7 cm³/mol. The van der Waals surface area contributed by atoms with Crippen LogP contribution in [0, 0.1) is 0 Å². The van der Waals surface area contributed by atoms with E-state index in [4.69, 9.17) is 4.74 Å². The second kappa shape index (κ2) is 8.58. The highest BCUT2D eigenvalue weighted by Gasteiger charge is 2.33. The molecule has 2 N–H and O–H groups in total. The third kappa shape index (κ3) is 4.89. The van der Waals surface area contributed by atoms with Gasteiger partial charge >= 0.3 is 0 Å². The number of rotatable bonds is 6. The van der Waals surface area contributed by atoms with E-state index in [-0.39, 0.29) is 23.9 Å². The fourth-order valence-electron chi connectivity index (χ4n) is 3.21. The number of likely N-dealkylation sites (tertiary alicyclic amines) is 1. The first-order valence-electron chi connectivity index (χ1n) is 8.68. The summed E-state index contributed by atoms with van der Waals surface area (Å²) in [7, 11) is 1.63. The zero-order valence-corrected chi connectivity index (χ0v) is 15.3. The second-order valence-corrected chi connectivity index (χ2v) is 7.60. The molecule has 3 rings (SSSR count). The van der Waals surface area contributed by atoms with Gasteiger partial charge in [-0.1, -0.05) is 12.1 Å². The van der Waals surface area contributed by atoms with Gasteiger partial charge in [0, 0.05) is 43.6 Å². The van der Waals surface area contributed by atoms with E-state index >= 15 is 0 Å². The Morgan fingerprint density at radius 2 is 2.20 bits per heavy atom. The van der Waals surface area contributed by atoms with Crippen LogP contribution < -0.4 is 15.4 Å². The van der Waals surface area contributed by atoms with E-state index < -0.39 is 0 Å². The number of amides is 2. The lowest BCUT2D eigenvalue weighted by Gasteiger charge is -2.23. The monoisotopic (exact) mass is 363 g/mol. The average Bonchev–Trinajstić information content (AvgIpc) is 2.96. The van der Waals surface area contributed by atoms with Crippen LogP contribution in [0.25, 0.3) is 0 Å². The quantitative estimate of drug-likeness (QED) is 0.789. The molecular formula is C18H25N3O3S. The van der Waals surface area contributed by atoms with E-state index in [0.29, 0.717) is 25.9 Å². The van der Waals surface area contributed by atoms with Crippen LogP contribution in [0.5, 0.6) is 5.75 Å². The number of methoxy groups -OCH3 is 1. The summed E-state index contributed by atoms with van der Waals surface area (Å²) in [6, 6.07) is 7.54. The van der Waals surface area contributed by atoms with Crippen molar-refractivity contribution in [2.24, 2.45) is 0 Å². The lowest BCUT2D eigenvalue weighted by molar-refractivity contribution is -0.133. The van der Waals surface area contributed by atoms with Crippen LogP contribution in [0.3, 0.4) is 0 Å². The normalized spacial score (nSPS) is 23.6. The van der Waals surface area contributed by atoms with Crippen LogP contribution in [0.2, 0.25) is 0 Å². The molecule has 2 unspecified atom stereocenters. The molecule has 25 heavy (non-hydrogen) atoms. The molecule has 136 valence electrons. The topological polar surface area (TPSA) is 70.7 Å². The van der Waals surface area contributed by atoms with E-state index in [1.165, 1.54) is 0 Å². The molecule has 0 bridgehead atoms. The molecule has 0 aromatic heterocycles. The third-order valence-electron chi connectivity index (χ3n) is 4.60. The Hall–Kier alpha value is -1.73. The molecule has 2 saturated heterocycles. The Labute approximate surface area is 152 Å². The van der Waals surface area contributed by atoms with Crippen LogP contribution in [-0.2, 0) is 16.1 Å². The van der Waals surface area contributed by atoms with Gasteiger partial charge in [-0.05, 0) is 24.1 Å². The number of nitrogens with one attached hydrogen (secondary N) is 2. The second-order valence-electron chi connectivity index (χ2n) is 6.45. The highest BCUT2D eigenvalue weighted by molar-refractivity contribution is 7.99. The van der Waals surface area contributed by atoms with Crippen molar-refractivity contribution >= 4 is 23.6 Å². The molecule has 2 aliphatic rings. The zero-order chi connectivity index (χ0) is 17.6. The zero-order valence-electron chi connectivity index (χ0n) is 14.5. The van der Waals surface area contributed by atoms with E-state index in [1.807, 2.05) is 40.9 Å². The van der Waals surface area contributed by atoms with Gasteiger partial charge in [-0.2, -0.15) is 11.8 Å². The Kier molecular flexibility index (Phi) is 6.20. The minimum absolute atomic E-state index is 0.00939. The van der Waals surface area contributed by atoms with Crippen molar-refractivity contribution in [3.8, 4) is 5.75 Å². The minimum atomic E-state index is -0.387. The van der Waals surface area contributed by atoms with Crippen LogP contribution in [0.1, 0.15) is 18.4 Å². The van der Waals surface area contributed by atoms with E-state index in [2.05, 4.69) is 10.6 Å². The van der Waals surface area contributed by atoms with Crippen LogP contribution in [0.4, 0.5) is 0 Å². The van der Waals surface area contributed by atoms with Crippen molar-refractivity contribution in [3.63, 3.8) is 0 Å². The molecule has 2 amide bonds. The molecule has 2 aliphatic heterocycles. The summed E-state index contributed by atoms with van der Waals surface area (Å²) in [6.45, 7) is 2.18. The van der Waals surface area contributed by atoms with Crippen LogP contribution in [-0.4, -0.2) is 60.5 Å². The number of ether oxygens (including phenoxy) is 1. The average molecular weight is 363 g/mol. The van der Waals surface area contributed by atoms with Gasteiger partial charge < -0.3 is 20.3 Å². The number of carbonyl (C=O) groups is 2. The first-order valence-corrected chi connectivity index (χ1v) is 9.83. The number of thioether (sulfide) groups is 1. The summed E-state index contributed by atoms with van der Waals surface area (Å²) >= 11 is 1.87. The van der Waals surface area contributed by atoms with E-state index in [0.717, 1.165) is 29.4 Å². The van der Waals surface area contributed by atoms with Gasteiger partial charge in [0.25, 0.3) is 0 Å². The van der Waals surface area contributed by atoms with E-state index in [9.17, 15) is 9.59 Å². The van der Waals surface area contributed by atoms with Crippen molar-refractivity contribution < 1.29 is 14.3 Å². The molecule has 0 aliphatic carbocycles. The molecule has 6 nitrogen and oxygen atoms in total. The standard InChI is InChI=1S/C18H25N3O3S/c1-24-15-4-2-13(3-5-15)11-21-8-6-16(18(21)23)20-17(22)10-14-12-25-9-7-19-14/h2-5,14,16,19H,6-12H2,1H3,(H,20,22). The Bertz CT molecular complexity index is 602. The summed E-state index contributed by atoms with van der Waals surface area (Å²) in [5.41, 5.74) is 1.06. The third-order valence-corrected chi connectivity index (χ3v) is 5.73. The van der Waals surface area contributed by atoms with Crippen molar-refractivity contribution in [2.75, 3.05) is 31.7 Å². The van der Waals surface area contributed by atoms with Crippen molar-refractivity contribution in [1.82, 2.24) is 15.5 Å². The van der Waals surface area contributed by atoms with Gasteiger partial charge in [-0.3, -0.25) is 9.59 Å². The maximum Gasteiger partial charge on any atom is 0.245 e. The maximum absolute atomic E-state index is 12.5. The number of carbonyl (C=O) groups excluding carboxylic acids is 2. The highest BCUT2D eigenvalue weighted by Crippen LogP contribution is 2.18. The summed E-state index contributed by atoms with van der Waals surface area (Å²) in [5, 5.41) is 6.26. The van der Waals surface area contributed by atoms with Gasteiger partial charge in [0.05, 0.1) is 7.11 Å². The summed E-state index contributed by atoms with van der Waals surface area (Å²) in [4.78, 5) is 26.5. The fraction of sp³-hybridized carbons (Fsp3) is 0.556. The van der Waals surface area contributed by atoms with Gasteiger partial charge in [-0.25, -0.2) is 0 Å². The number of hydrogen-bond donors (Lipinski definition) is 2. The molecule has 7 heteroatoms. The Morgan fingerprint density at radius 3 is 2.88 bits per heavy atom. The van der Waals surface area contributed by atoms with Crippen molar-refractivity contribution in [1.29, 1.82) is 0 Å². The lowest BCUT2D eigenvalue weighted by atomic mass is 10.2. The summed E-state index contributed by atoms with van der Waals surface area (Å²) < 4.78 is 5.15. The van der Waals surface area contributed by atoms with Gasteiger partial charge in [0.1, 0.15) is 11.8 Å². The molecule has 2 atom stereocenters. The SMILES string of the molecule is COc1ccc(CN2CCC(NC(=O)CC3CSCCN3)C2=O)cc1. The fourth-order valence-corrected chi connectivity index (χ4v) is 4.16. The summed E-state index contributed by atoms with van der Waals surface area (Å²) in [6.07, 6.45) is 1.11.